The Labute approximate surface area is 136 Å². The zero-order valence-corrected chi connectivity index (χ0v) is 14.9. The summed E-state index contributed by atoms with van der Waals surface area (Å²) in [5.41, 5.74) is 1.34. The molecule has 0 aromatic carbocycles. The summed E-state index contributed by atoms with van der Waals surface area (Å²) in [5.74, 6) is 0.715. The van der Waals surface area contributed by atoms with Crippen LogP contribution in [-0.4, -0.2) is 40.9 Å². The SMILES string of the molecule is CCCn1ncc(Br)c1C(NC)C1CC2CCC(C1)N2C. The van der Waals surface area contributed by atoms with Crippen molar-refractivity contribution in [3.8, 4) is 0 Å². The fraction of sp³-hybridized carbons (Fsp3) is 0.812. The number of hydrogen-bond donors (Lipinski definition) is 1. The Morgan fingerprint density at radius 1 is 1.38 bits per heavy atom. The molecule has 3 atom stereocenters. The molecule has 2 aliphatic rings. The molecule has 21 heavy (non-hydrogen) atoms. The van der Waals surface area contributed by atoms with Gasteiger partial charge < -0.3 is 10.2 Å². The number of aryl methyl sites for hydroxylation is 1. The molecule has 3 unspecified atom stereocenters. The topological polar surface area (TPSA) is 33.1 Å². The van der Waals surface area contributed by atoms with E-state index in [9.17, 15) is 0 Å². The maximum Gasteiger partial charge on any atom is 0.0698 e. The highest BCUT2D eigenvalue weighted by atomic mass is 79.9. The van der Waals surface area contributed by atoms with Crippen LogP contribution in [0.3, 0.4) is 0 Å². The van der Waals surface area contributed by atoms with Gasteiger partial charge in [-0.1, -0.05) is 6.92 Å². The standard InChI is InChI=1S/C16H27BrN4/c1-4-7-21-16(14(17)10-19-21)15(18-2)11-8-12-5-6-13(9-11)20(12)3/h10-13,15,18H,4-9H2,1-3H3. The molecule has 3 heterocycles. The van der Waals surface area contributed by atoms with Gasteiger partial charge in [0.25, 0.3) is 0 Å². The van der Waals surface area contributed by atoms with Gasteiger partial charge >= 0.3 is 0 Å². The number of hydrogen-bond acceptors (Lipinski definition) is 3. The molecule has 0 amide bonds. The molecule has 2 saturated heterocycles. The van der Waals surface area contributed by atoms with E-state index in [4.69, 9.17) is 0 Å². The zero-order valence-electron chi connectivity index (χ0n) is 13.3. The first-order valence-electron chi connectivity index (χ1n) is 8.26. The van der Waals surface area contributed by atoms with E-state index in [2.05, 4.69) is 56.9 Å². The molecule has 1 aromatic rings. The molecule has 0 aliphatic carbocycles. The fourth-order valence-electron chi connectivity index (χ4n) is 4.39. The lowest BCUT2D eigenvalue weighted by Crippen LogP contribution is -2.43. The average molecular weight is 355 g/mol. The smallest absolute Gasteiger partial charge is 0.0698 e. The number of halogens is 1. The highest BCUT2D eigenvalue weighted by molar-refractivity contribution is 9.10. The van der Waals surface area contributed by atoms with Gasteiger partial charge in [-0.2, -0.15) is 5.10 Å². The van der Waals surface area contributed by atoms with Gasteiger partial charge in [0.1, 0.15) is 0 Å². The quantitative estimate of drug-likeness (QED) is 0.881. The van der Waals surface area contributed by atoms with Crippen LogP contribution in [0.4, 0.5) is 0 Å². The summed E-state index contributed by atoms with van der Waals surface area (Å²) in [6.45, 7) is 3.21. The highest BCUT2D eigenvalue weighted by Crippen LogP contribution is 2.43. The van der Waals surface area contributed by atoms with Crippen molar-refractivity contribution >= 4 is 15.9 Å². The van der Waals surface area contributed by atoms with Gasteiger partial charge in [0.05, 0.1) is 22.4 Å². The predicted octanol–water partition coefficient (Wildman–Crippen LogP) is 3.19. The number of piperidine rings is 1. The predicted molar refractivity (Wildman–Crippen MR) is 89.3 cm³/mol. The summed E-state index contributed by atoms with van der Waals surface area (Å²) >= 11 is 3.72. The van der Waals surface area contributed by atoms with Gasteiger partial charge in [0.15, 0.2) is 0 Å². The molecule has 0 saturated carbocycles. The minimum Gasteiger partial charge on any atom is -0.311 e. The second-order valence-corrected chi connectivity index (χ2v) is 7.50. The minimum atomic E-state index is 0.408. The van der Waals surface area contributed by atoms with E-state index in [1.807, 2.05) is 6.20 Å². The summed E-state index contributed by atoms with van der Waals surface area (Å²) in [7, 11) is 4.41. The van der Waals surface area contributed by atoms with E-state index >= 15 is 0 Å². The summed E-state index contributed by atoms with van der Waals surface area (Å²) in [6.07, 6.45) is 8.45. The lowest BCUT2D eigenvalue weighted by atomic mass is 9.83. The largest absolute Gasteiger partial charge is 0.311 e. The van der Waals surface area contributed by atoms with Crippen LogP contribution in [0, 0.1) is 5.92 Å². The number of nitrogens with zero attached hydrogens (tertiary/aromatic N) is 3. The first kappa shape index (κ1) is 15.5. The van der Waals surface area contributed by atoms with Crippen molar-refractivity contribution in [3.05, 3.63) is 16.4 Å². The molecule has 118 valence electrons. The van der Waals surface area contributed by atoms with Crippen LogP contribution in [0.15, 0.2) is 10.7 Å². The molecule has 5 heteroatoms. The van der Waals surface area contributed by atoms with E-state index < -0.39 is 0 Å². The van der Waals surface area contributed by atoms with Gasteiger partial charge in [-0.15, -0.1) is 0 Å². The van der Waals surface area contributed by atoms with Crippen LogP contribution in [0.25, 0.3) is 0 Å². The lowest BCUT2D eigenvalue weighted by Gasteiger charge is -2.40. The number of rotatable bonds is 5. The molecule has 2 aliphatic heterocycles. The molecule has 0 radical (unpaired) electrons. The Morgan fingerprint density at radius 3 is 2.62 bits per heavy atom. The van der Waals surface area contributed by atoms with E-state index in [-0.39, 0.29) is 0 Å². The van der Waals surface area contributed by atoms with E-state index in [1.165, 1.54) is 31.4 Å². The number of nitrogens with one attached hydrogen (secondary N) is 1. The van der Waals surface area contributed by atoms with Crippen molar-refractivity contribution in [3.63, 3.8) is 0 Å². The van der Waals surface area contributed by atoms with Crippen molar-refractivity contribution < 1.29 is 0 Å². The fourth-order valence-corrected chi connectivity index (χ4v) is 4.94. The summed E-state index contributed by atoms with van der Waals surface area (Å²) in [5, 5.41) is 8.15. The van der Waals surface area contributed by atoms with Crippen LogP contribution < -0.4 is 5.32 Å². The molecule has 0 spiro atoms. The Hall–Kier alpha value is -0.390. The third-order valence-corrected chi connectivity index (χ3v) is 6.09. The maximum absolute atomic E-state index is 4.56. The molecule has 2 fully saturated rings. The first-order chi connectivity index (χ1) is 10.2. The van der Waals surface area contributed by atoms with Gasteiger partial charge in [-0.25, -0.2) is 0 Å². The third-order valence-electron chi connectivity index (χ3n) is 5.48. The minimum absolute atomic E-state index is 0.408. The van der Waals surface area contributed by atoms with Crippen LogP contribution in [0.1, 0.15) is 50.8 Å². The van der Waals surface area contributed by atoms with Gasteiger partial charge in [-0.3, -0.25) is 4.68 Å². The molecule has 1 N–H and O–H groups in total. The van der Waals surface area contributed by atoms with Crippen molar-refractivity contribution in [2.75, 3.05) is 14.1 Å². The van der Waals surface area contributed by atoms with Crippen molar-refractivity contribution in [1.82, 2.24) is 20.0 Å². The van der Waals surface area contributed by atoms with Crippen molar-refractivity contribution in [2.24, 2.45) is 5.92 Å². The summed E-state index contributed by atoms with van der Waals surface area (Å²) in [4.78, 5) is 2.61. The van der Waals surface area contributed by atoms with Crippen molar-refractivity contribution in [1.29, 1.82) is 0 Å². The van der Waals surface area contributed by atoms with Crippen LogP contribution in [-0.2, 0) is 6.54 Å². The first-order valence-corrected chi connectivity index (χ1v) is 9.05. The second kappa shape index (κ2) is 6.39. The molecule has 4 nitrogen and oxygen atoms in total. The molecule has 1 aromatic heterocycles. The number of aromatic nitrogens is 2. The third kappa shape index (κ3) is 2.80. The summed E-state index contributed by atoms with van der Waals surface area (Å²) in [6, 6.07) is 1.97. The number of fused-ring (bicyclic) bond motifs is 2. The van der Waals surface area contributed by atoms with Crippen molar-refractivity contribution in [2.45, 2.75) is 63.7 Å². The monoisotopic (exact) mass is 354 g/mol. The van der Waals surface area contributed by atoms with Gasteiger partial charge in [-0.05, 0) is 68.0 Å². The Bertz CT molecular complexity index is 473. The molecular weight excluding hydrogens is 328 g/mol. The Kier molecular flexibility index (Phi) is 4.71. The van der Waals surface area contributed by atoms with Crippen LogP contribution in [0.5, 0.6) is 0 Å². The maximum atomic E-state index is 4.56. The highest BCUT2D eigenvalue weighted by Gasteiger charge is 2.42. The normalized spacial score (nSPS) is 30.8. The van der Waals surface area contributed by atoms with E-state index in [0.29, 0.717) is 12.0 Å². The second-order valence-electron chi connectivity index (χ2n) is 6.65. The van der Waals surface area contributed by atoms with E-state index in [0.717, 1.165) is 29.5 Å². The van der Waals surface area contributed by atoms with Crippen LogP contribution >= 0.6 is 15.9 Å². The molecule has 3 rings (SSSR count). The Morgan fingerprint density at radius 2 is 2.05 bits per heavy atom. The Balaban J connectivity index is 1.84. The molecular formula is C16H27BrN4. The lowest BCUT2D eigenvalue weighted by molar-refractivity contribution is 0.112. The van der Waals surface area contributed by atoms with Crippen LogP contribution in [0.2, 0.25) is 0 Å². The van der Waals surface area contributed by atoms with Gasteiger partial charge in [0.2, 0.25) is 0 Å². The van der Waals surface area contributed by atoms with E-state index in [1.54, 1.807) is 0 Å². The zero-order chi connectivity index (χ0) is 15.0. The van der Waals surface area contributed by atoms with Gasteiger partial charge in [0, 0.05) is 18.6 Å². The average Bonchev–Trinajstić information content (AvgIpc) is 2.90. The summed E-state index contributed by atoms with van der Waals surface area (Å²) < 4.78 is 3.34. The molecule has 2 bridgehead atoms.